The molecule has 1 saturated carbocycles. The van der Waals surface area contributed by atoms with Crippen LogP contribution in [-0.2, 0) is 11.3 Å². The number of alkyl halides is 2. The third-order valence-electron chi connectivity index (χ3n) is 4.39. The molecule has 1 aromatic rings. The summed E-state index contributed by atoms with van der Waals surface area (Å²) in [6.07, 6.45) is 1.27. The van der Waals surface area contributed by atoms with E-state index in [0.29, 0.717) is 46.3 Å². The zero-order valence-electron chi connectivity index (χ0n) is 11.7. The summed E-state index contributed by atoms with van der Waals surface area (Å²) < 4.78 is 21.1. The first-order chi connectivity index (χ1) is 9.11. The van der Waals surface area contributed by atoms with Gasteiger partial charge in [-0.1, -0.05) is 0 Å². The van der Waals surface area contributed by atoms with Crippen LogP contribution in [0.4, 0.5) is 4.39 Å². The van der Waals surface area contributed by atoms with Crippen molar-refractivity contribution in [2.45, 2.75) is 42.6 Å². The van der Waals surface area contributed by atoms with Gasteiger partial charge in [0.05, 0.1) is 0 Å². The number of ether oxygens (including phenoxy) is 1. The normalized spacial score (nSPS) is 29.6. The Kier molecular flexibility index (Phi) is 3.87. The predicted molar refractivity (Wildman–Crippen MR) is 70.7 cm³/mol. The summed E-state index contributed by atoms with van der Waals surface area (Å²) in [5.41, 5.74) is 3.24. The van der Waals surface area contributed by atoms with Crippen LogP contribution < -0.4 is 21.2 Å². The number of fused-ring (bicyclic) bond motifs is 1. The third kappa shape index (κ3) is 2.56. The number of rotatable bonds is 3. The molecule has 0 aromatic heterocycles. The first-order valence-electron chi connectivity index (χ1n) is 6.99. The van der Waals surface area contributed by atoms with Gasteiger partial charge in [0.25, 0.3) is 0 Å². The Balaban J connectivity index is 1.96. The van der Waals surface area contributed by atoms with E-state index in [9.17, 15) is 4.39 Å². The molecule has 106 valence electrons. The van der Waals surface area contributed by atoms with Gasteiger partial charge >= 0.3 is 125 Å². The fourth-order valence-electron chi connectivity index (χ4n) is 3.10. The van der Waals surface area contributed by atoms with Crippen molar-refractivity contribution in [3.05, 3.63) is 34.6 Å². The molecule has 0 N–H and O–H groups in total. The van der Waals surface area contributed by atoms with Crippen molar-refractivity contribution in [2.75, 3.05) is 11.5 Å². The van der Waals surface area contributed by atoms with Gasteiger partial charge in [-0.15, -0.1) is 0 Å². The van der Waals surface area contributed by atoms with Gasteiger partial charge in [-0.25, -0.2) is 0 Å². The van der Waals surface area contributed by atoms with Gasteiger partial charge in [0.15, 0.2) is 0 Å². The fourth-order valence-corrected chi connectivity index (χ4v) is 5.44. The van der Waals surface area contributed by atoms with E-state index in [1.54, 1.807) is 0 Å². The fraction of sp³-hybridized carbons (Fsp3) is 0.625. The Morgan fingerprint density at radius 3 is 2.79 bits per heavy atom. The second-order valence-corrected chi connectivity index (χ2v) is 8.86. The molecule has 19 heavy (non-hydrogen) atoms. The van der Waals surface area contributed by atoms with Crippen LogP contribution in [0.5, 0.6) is 0 Å². The maximum absolute atomic E-state index is 14.5. The Labute approximate surface area is 125 Å². The van der Waals surface area contributed by atoms with Crippen molar-refractivity contribution < 1.29 is 30.3 Å². The summed E-state index contributed by atoms with van der Waals surface area (Å²) in [5, 5.41) is 0. The van der Waals surface area contributed by atoms with E-state index in [-0.39, 0.29) is 11.7 Å². The summed E-state index contributed by atoms with van der Waals surface area (Å²) in [5.74, 6) is 1.28. The number of halogens is 2. The van der Waals surface area contributed by atoms with E-state index in [1.807, 2.05) is 6.07 Å². The average molecular weight is 375 g/mol. The molecule has 3 rings (SSSR count). The SMILES string of the molecule is C[I-]C1CC1c1cc(F)c2c(c1)COC[C@H]2C(C)C. The van der Waals surface area contributed by atoms with Crippen molar-refractivity contribution in [3.8, 4) is 0 Å². The van der Waals surface area contributed by atoms with Crippen LogP contribution in [-0.4, -0.2) is 15.5 Å². The van der Waals surface area contributed by atoms with Gasteiger partial charge in [-0.3, -0.25) is 0 Å². The van der Waals surface area contributed by atoms with Crippen molar-refractivity contribution in [1.82, 2.24) is 0 Å². The molecule has 3 heteroatoms. The van der Waals surface area contributed by atoms with Gasteiger partial charge in [0.2, 0.25) is 0 Å². The quantitative estimate of drug-likeness (QED) is 0.558. The van der Waals surface area contributed by atoms with Crippen molar-refractivity contribution in [3.63, 3.8) is 0 Å². The Morgan fingerprint density at radius 2 is 2.16 bits per heavy atom. The average Bonchev–Trinajstić information content (AvgIpc) is 3.17. The van der Waals surface area contributed by atoms with Crippen molar-refractivity contribution in [2.24, 2.45) is 5.92 Å². The van der Waals surface area contributed by atoms with E-state index in [4.69, 9.17) is 4.74 Å². The number of benzene rings is 1. The molecule has 0 spiro atoms. The van der Waals surface area contributed by atoms with Crippen LogP contribution in [0.2, 0.25) is 0 Å². The van der Waals surface area contributed by atoms with E-state index < -0.39 is 0 Å². The maximum atomic E-state index is 14.5. The van der Waals surface area contributed by atoms with Crippen LogP contribution in [0.3, 0.4) is 0 Å². The van der Waals surface area contributed by atoms with Gasteiger partial charge < -0.3 is 0 Å². The van der Waals surface area contributed by atoms with Gasteiger partial charge in [0.1, 0.15) is 0 Å². The van der Waals surface area contributed by atoms with Crippen LogP contribution in [0, 0.1) is 11.7 Å². The van der Waals surface area contributed by atoms with Crippen LogP contribution >= 0.6 is 0 Å². The molecule has 0 amide bonds. The molecule has 0 saturated heterocycles. The summed E-state index contributed by atoms with van der Waals surface area (Å²) >= 11 is 0.298. The molecule has 1 nitrogen and oxygen atoms in total. The molecule has 1 aliphatic carbocycles. The predicted octanol–water partition coefficient (Wildman–Crippen LogP) is 0.670. The molecule has 1 fully saturated rings. The molecule has 3 atom stereocenters. The first kappa shape index (κ1) is 13.8. The van der Waals surface area contributed by atoms with Crippen molar-refractivity contribution in [1.29, 1.82) is 0 Å². The molecule has 2 unspecified atom stereocenters. The van der Waals surface area contributed by atoms with Crippen LogP contribution in [0.1, 0.15) is 48.8 Å². The van der Waals surface area contributed by atoms with Crippen LogP contribution in [0.25, 0.3) is 0 Å². The van der Waals surface area contributed by atoms with Gasteiger partial charge in [0, 0.05) is 0 Å². The first-order valence-corrected chi connectivity index (χ1v) is 10.4. The molecular weight excluding hydrogens is 354 g/mol. The Morgan fingerprint density at radius 1 is 1.37 bits per heavy atom. The molecular formula is C16H21FIO-. The molecule has 1 heterocycles. The summed E-state index contributed by atoms with van der Waals surface area (Å²) in [4.78, 5) is 2.33. The van der Waals surface area contributed by atoms with E-state index in [2.05, 4.69) is 24.8 Å². The summed E-state index contributed by atoms with van der Waals surface area (Å²) in [6, 6.07) is 4.03. The molecule has 1 aliphatic heterocycles. The zero-order valence-corrected chi connectivity index (χ0v) is 13.9. The molecule has 0 radical (unpaired) electrons. The minimum atomic E-state index is 0.00875. The van der Waals surface area contributed by atoms with Gasteiger partial charge in [-0.2, -0.15) is 0 Å². The van der Waals surface area contributed by atoms with Gasteiger partial charge in [-0.05, 0) is 0 Å². The number of hydrogen-bond donors (Lipinski definition) is 0. The topological polar surface area (TPSA) is 9.23 Å². The second kappa shape index (κ2) is 5.32. The Bertz CT molecular complexity index is 486. The third-order valence-corrected chi connectivity index (χ3v) is 7.37. The van der Waals surface area contributed by atoms with Crippen molar-refractivity contribution >= 4 is 0 Å². The summed E-state index contributed by atoms with van der Waals surface area (Å²) in [7, 11) is 0. The zero-order chi connectivity index (χ0) is 13.6. The molecule has 2 aliphatic rings. The monoisotopic (exact) mass is 375 g/mol. The molecule has 1 aromatic carbocycles. The number of hydrogen-bond acceptors (Lipinski definition) is 1. The van der Waals surface area contributed by atoms with E-state index >= 15 is 0 Å². The second-order valence-electron chi connectivity index (χ2n) is 6.02. The minimum absolute atomic E-state index is 0.00875. The standard InChI is InChI=1S/C16H21FIO/c1-9(2)13-8-19-7-11-4-10(5-14(17)16(11)13)12-6-15(12)18-3/h4-5,9,12-13,15H,6-8H2,1-3H3/q-1/t12?,13-,15?/m0/s1. The van der Waals surface area contributed by atoms with E-state index in [1.165, 1.54) is 12.0 Å². The Hall–Kier alpha value is -0.160. The summed E-state index contributed by atoms with van der Waals surface area (Å²) in [6.45, 7) is 5.54. The van der Waals surface area contributed by atoms with Crippen LogP contribution in [0.15, 0.2) is 12.1 Å². The van der Waals surface area contributed by atoms with E-state index in [0.717, 1.165) is 15.1 Å². The molecule has 0 bridgehead atoms.